The number of halogens is 4. The molecule has 1 N–H and O–H groups in total. The Morgan fingerprint density at radius 1 is 1.13 bits per heavy atom. The van der Waals surface area contributed by atoms with Crippen molar-refractivity contribution in [2.24, 2.45) is 0 Å². The van der Waals surface area contributed by atoms with E-state index in [1.165, 1.54) is 18.2 Å². The summed E-state index contributed by atoms with van der Waals surface area (Å²) in [6.45, 7) is 0. The smallest absolute Gasteiger partial charge is 0.298 e. The molecule has 0 fully saturated rings. The van der Waals surface area contributed by atoms with Crippen LogP contribution in [-0.4, -0.2) is 10.9 Å². The van der Waals surface area contributed by atoms with Gasteiger partial charge in [0.2, 0.25) is 0 Å². The van der Waals surface area contributed by atoms with Crippen LogP contribution in [0.25, 0.3) is 10.2 Å². The fraction of sp³-hybridized carbons (Fsp3) is 0.0667. The number of anilines is 1. The predicted molar refractivity (Wildman–Crippen MR) is 79.0 cm³/mol. The fourth-order valence-corrected chi connectivity index (χ4v) is 2.85. The van der Waals surface area contributed by atoms with Crippen LogP contribution >= 0.6 is 11.3 Å². The van der Waals surface area contributed by atoms with Gasteiger partial charge in [0.25, 0.3) is 5.91 Å². The van der Waals surface area contributed by atoms with E-state index in [-0.39, 0.29) is 16.2 Å². The maximum absolute atomic E-state index is 13.6. The minimum atomic E-state index is -4.53. The van der Waals surface area contributed by atoms with Gasteiger partial charge in [-0.15, -0.1) is 0 Å². The van der Waals surface area contributed by atoms with E-state index in [1.807, 2.05) is 0 Å². The highest BCUT2D eigenvalue weighted by molar-refractivity contribution is 7.22. The molecule has 1 aromatic heterocycles. The summed E-state index contributed by atoms with van der Waals surface area (Å²) in [5.74, 6) is -1.27. The number of rotatable bonds is 2. The van der Waals surface area contributed by atoms with Crippen LogP contribution in [0.2, 0.25) is 0 Å². The summed E-state index contributed by atoms with van der Waals surface area (Å²) >= 11 is 1.04. The zero-order valence-corrected chi connectivity index (χ0v) is 12.1. The van der Waals surface area contributed by atoms with Crippen LogP contribution in [0.3, 0.4) is 0 Å². The molecule has 8 heteroatoms. The highest BCUT2D eigenvalue weighted by atomic mass is 32.1. The molecule has 0 radical (unpaired) electrons. The first-order valence-corrected chi connectivity index (χ1v) is 7.20. The van der Waals surface area contributed by atoms with Crippen LogP contribution in [0.1, 0.15) is 15.9 Å². The lowest BCUT2D eigenvalue weighted by Gasteiger charge is -2.08. The number of thiazole rings is 1. The molecule has 0 bridgehead atoms. The third-order valence-electron chi connectivity index (χ3n) is 3.04. The van der Waals surface area contributed by atoms with E-state index in [2.05, 4.69) is 10.3 Å². The van der Waals surface area contributed by atoms with Crippen molar-refractivity contribution >= 4 is 32.6 Å². The van der Waals surface area contributed by atoms with E-state index in [1.54, 1.807) is 6.07 Å². The highest BCUT2D eigenvalue weighted by Crippen LogP contribution is 2.30. The molecule has 3 nitrogen and oxygen atoms in total. The Kier molecular flexibility index (Phi) is 3.77. The summed E-state index contributed by atoms with van der Waals surface area (Å²) in [5.41, 5.74) is -0.961. The van der Waals surface area contributed by atoms with Gasteiger partial charge in [0.15, 0.2) is 5.13 Å². The lowest BCUT2D eigenvalue weighted by atomic mass is 10.1. The number of amides is 1. The number of hydrogen-bond acceptors (Lipinski definition) is 3. The minimum absolute atomic E-state index is 0.108. The molecule has 3 aromatic rings. The zero-order chi connectivity index (χ0) is 16.6. The Hall–Kier alpha value is -2.48. The average Bonchev–Trinajstić information content (AvgIpc) is 2.90. The first-order valence-electron chi connectivity index (χ1n) is 6.38. The SMILES string of the molecule is O=C(Nc1nc2c(F)cccc2s1)c1cccc(C(F)(F)F)c1. The molecule has 0 aliphatic carbocycles. The molecule has 0 unspecified atom stereocenters. The van der Waals surface area contributed by atoms with Crippen LogP contribution in [0.4, 0.5) is 22.7 Å². The predicted octanol–water partition coefficient (Wildman–Crippen LogP) is 4.71. The zero-order valence-electron chi connectivity index (χ0n) is 11.3. The summed E-state index contributed by atoms with van der Waals surface area (Å²) in [4.78, 5) is 16.0. The molecular formula is C15H8F4N2OS. The normalized spacial score (nSPS) is 11.7. The number of para-hydroxylation sites is 1. The van der Waals surface area contributed by atoms with Crippen molar-refractivity contribution in [3.05, 3.63) is 59.4 Å². The summed E-state index contributed by atoms with van der Waals surface area (Å²) in [6, 6.07) is 8.42. The monoisotopic (exact) mass is 340 g/mol. The molecule has 118 valence electrons. The van der Waals surface area contributed by atoms with Crippen molar-refractivity contribution in [1.82, 2.24) is 4.98 Å². The Balaban J connectivity index is 1.87. The molecule has 23 heavy (non-hydrogen) atoms. The van der Waals surface area contributed by atoms with Crippen LogP contribution in [-0.2, 0) is 6.18 Å². The fourth-order valence-electron chi connectivity index (χ4n) is 1.97. The number of fused-ring (bicyclic) bond motifs is 1. The van der Waals surface area contributed by atoms with Gasteiger partial charge < -0.3 is 0 Å². The summed E-state index contributed by atoms with van der Waals surface area (Å²) in [6.07, 6.45) is -4.53. The van der Waals surface area contributed by atoms with E-state index in [9.17, 15) is 22.4 Å². The summed E-state index contributed by atoms with van der Waals surface area (Å²) in [7, 11) is 0. The van der Waals surface area contributed by atoms with Gasteiger partial charge in [-0.05, 0) is 30.3 Å². The van der Waals surface area contributed by atoms with E-state index in [0.29, 0.717) is 4.70 Å². The van der Waals surface area contributed by atoms with Crippen LogP contribution in [0.5, 0.6) is 0 Å². The number of nitrogens with one attached hydrogen (secondary N) is 1. The number of benzene rings is 2. The molecule has 0 aliphatic rings. The number of alkyl halides is 3. The van der Waals surface area contributed by atoms with Crippen molar-refractivity contribution in [3.63, 3.8) is 0 Å². The molecular weight excluding hydrogens is 332 g/mol. The van der Waals surface area contributed by atoms with Gasteiger partial charge in [0.05, 0.1) is 10.3 Å². The van der Waals surface area contributed by atoms with Crippen LogP contribution < -0.4 is 5.32 Å². The third-order valence-corrected chi connectivity index (χ3v) is 3.98. The van der Waals surface area contributed by atoms with Gasteiger partial charge in [-0.25, -0.2) is 9.37 Å². The standard InChI is InChI=1S/C15H8F4N2OS/c16-10-5-2-6-11-12(10)20-14(23-11)21-13(22)8-3-1-4-9(7-8)15(17,18)19/h1-7H,(H,20,21,22). The molecule has 0 atom stereocenters. The molecule has 1 amide bonds. The molecule has 2 aromatic carbocycles. The number of hydrogen-bond donors (Lipinski definition) is 1. The van der Waals surface area contributed by atoms with Crippen molar-refractivity contribution in [1.29, 1.82) is 0 Å². The molecule has 3 rings (SSSR count). The molecule has 1 heterocycles. The lowest BCUT2D eigenvalue weighted by molar-refractivity contribution is -0.137. The number of carbonyl (C=O) groups is 1. The van der Waals surface area contributed by atoms with Gasteiger partial charge in [-0.1, -0.05) is 23.5 Å². The second-order valence-corrected chi connectivity index (χ2v) is 5.67. The van der Waals surface area contributed by atoms with Gasteiger partial charge in [0, 0.05) is 5.56 Å². The quantitative estimate of drug-likeness (QED) is 0.687. The minimum Gasteiger partial charge on any atom is -0.298 e. The van der Waals surface area contributed by atoms with E-state index >= 15 is 0 Å². The average molecular weight is 340 g/mol. The Morgan fingerprint density at radius 3 is 2.57 bits per heavy atom. The maximum Gasteiger partial charge on any atom is 0.416 e. The molecule has 0 aliphatic heterocycles. The topological polar surface area (TPSA) is 42.0 Å². The molecule has 0 saturated carbocycles. The second-order valence-electron chi connectivity index (χ2n) is 4.64. The first kappa shape index (κ1) is 15.4. The Labute approximate surface area is 131 Å². The largest absolute Gasteiger partial charge is 0.416 e. The Bertz CT molecular complexity index is 889. The first-order chi connectivity index (χ1) is 10.8. The van der Waals surface area contributed by atoms with E-state index in [0.717, 1.165) is 29.5 Å². The van der Waals surface area contributed by atoms with Gasteiger partial charge in [-0.2, -0.15) is 13.2 Å². The maximum atomic E-state index is 13.6. The summed E-state index contributed by atoms with van der Waals surface area (Å²) in [5, 5.41) is 2.51. The number of aromatic nitrogens is 1. The molecule has 0 saturated heterocycles. The van der Waals surface area contributed by atoms with Crippen molar-refractivity contribution < 1.29 is 22.4 Å². The second kappa shape index (κ2) is 5.62. The van der Waals surface area contributed by atoms with E-state index < -0.39 is 23.5 Å². The molecule has 0 spiro atoms. The van der Waals surface area contributed by atoms with Crippen LogP contribution in [0.15, 0.2) is 42.5 Å². The van der Waals surface area contributed by atoms with Gasteiger partial charge >= 0.3 is 6.18 Å². The summed E-state index contributed by atoms with van der Waals surface area (Å²) < 4.78 is 52.1. The van der Waals surface area contributed by atoms with Gasteiger partial charge in [-0.3, -0.25) is 10.1 Å². The van der Waals surface area contributed by atoms with Gasteiger partial charge in [0.1, 0.15) is 11.3 Å². The van der Waals surface area contributed by atoms with Crippen molar-refractivity contribution in [3.8, 4) is 0 Å². The van der Waals surface area contributed by atoms with Crippen molar-refractivity contribution in [2.45, 2.75) is 6.18 Å². The number of nitrogens with zero attached hydrogens (tertiary/aromatic N) is 1. The van der Waals surface area contributed by atoms with Crippen LogP contribution in [0, 0.1) is 5.82 Å². The van der Waals surface area contributed by atoms with E-state index in [4.69, 9.17) is 0 Å². The third kappa shape index (κ3) is 3.16. The Morgan fingerprint density at radius 2 is 1.87 bits per heavy atom. The van der Waals surface area contributed by atoms with Crippen molar-refractivity contribution in [2.75, 3.05) is 5.32 Å². The lowest BCUT2D eigenvalue weighted by Crippen LogP contribution is -2.13. The highest BCUT2D eigenvalue weighted by Gasteiger charge is 2.30. The number of carbonyl (C=O) groups excluding carboxylic acids is 1.